The minimum Gasteiger partial charge on any atom is -0.494 e. The summed E-state index contributed by atoms with van der Waals surface area (Å²) in [7, 11) is 0. The van der Waals surface area contributed by atoms with Gasteiger partial charge in [-0.15, -0.1) is 6.58 Å². The number of amides is 1. The molecular weight excluding hydrogens is 158 g/mol. The molecule has 4 heteroatoms. The summed E-state index contributed by atoms with van der Waals surface area (Å²) in [5.41, 5.74) is 0. The summed E-state index contributed by atoms with van der Waals surface area (Å²) >= 11 is 0. The molecule has 1 amide bonds. The lowest BCUT2D eigenvalue weighted by Crippen LogP contribution is -2.28. The highest BCUT2D eigenvalue weighted by Gasteiger charge is 2.13. The number of carbonyl (C=O) groups is 1. The third-order valence-corrected chi connectivity index (χ3v) is 1.28. The molecule has 0 fully saturated rings. The Morgan fingerprint density at radius 3 is 3.17 bits per heavy atom. The van der Waals surface area contributed by atoms with Gasteiger partial charge in [-0.1, -0.05) is 6.08 Å². The van der Waals surface area contributed by atoms with E-state index in [9.17, 15) is 4.79 Å². The van der Waals surface area contributed by atoms with Gasteiger partial charge in [-0.2, -0.15) is 0 Å². The molecule has 0 saturated carbocycles. The zero-order valence-electron chi connectivity index (χ0n) is 6.71. The summed E-state index contributed by atoms with van der Waals surface area (Å²) < 4.78 is 9.94. The van der Waals surface area contributed by atoms with E-state index in [1.165, 1.54) is 6.26 Å². The van der Waals surface area contributed by atoms with Crippen molar-refractivity contribution in [1.29, 1.82) is 0 Å². The fourth-order valence-corrected chi connectivity index (χ4v) is 0.739. The Balaban J connectivity index is 2.39. The number of carbonyl (C=O) groups excluding carboxylic acids is 1. The van der Waals surface area contributed by atoms with Crippen LogP contribution >= 0.6 is 0 Å². The molecule has 1 aliphatic rings. The molecule has 0 unspecified atom stereocenters. The third kappa shape index (κ3) is 2.30. The largest absolute Gasteiger partial charge is 0.494 e. The summed E-state index contributed by atoms with van der Waals surface area (Å²) in [6.45, 7) is 4.82. The number of ether oxygens (including phenoxy) is 2. The van der Waals surface area contributed by atoms with E-state index in [-0.39, 0.29) is 11.7 Å². The van der Waals surface area contributed by atoms with Gasteiger partial charge in [0.25, 0.3) is 5.91 Å². The molecule has 1 aliphatic heterocycles. The van der Waals surface area contributed by atoms with Gasteiger partial charge in [-0.05, 0) is 0 Å². The summed E-state index contributed by atoms with van der Waals surface area (Å²) in [6, 6.07) is 0. The van der Waals surface area contributed by atoms with Gasteiger partial charge in [0.1, 0.15) is 19.5 Å². The SMILES string of the molecule is C=CCNC(=O)C1=COCCO1. The standard InChI is InChI=1S/C8H11NO3/c1-2-3-9-8(10)7-6-11-4-5-12-7/h2,6H,1,3-5H2,(H,9,10). The molecule has 0 aliphatic carbocycles. The number of hydrogen-bond donors (Lipinski definition) is 1. The topological polar surface area (TPSA) is 47.6 Å². The number of hydrogen-bond acceptors (Lipinski definition) is 3. The highest BCUT2D eigenvalue weighted by Crippen LogP contribution is 2.03. The quantitative estimate of drug-likeness (QED) is 0.613. The molecule has 66 valence electrons. The molecule has 0 saturated heterocycles. The summed E-state index contributed by atoms with van der Waals surface area (Å²) in [4.78, 5) is 11.1. The Kier molecular flexibility index (Phi) is 3.19. The fraction of sp³-hybridized carbons (Fsp3) is 0.375. The second-order valence-electron chi connectivity index (χ2n) is 2.20. The first-order valence-electron chi connectivity index (χ1n) is 3.68. The van der Waals surface area contributed by atoms with E-state index in [1.807, 2.05) is 0 Å². The van der Waals surface area contributed by atoms with Gasteiger partial charge in [0.05, 0.1) is 0 Å². The highest BCUT2D eigenvalue weighted by molar-refractivity contribution is 5.91. The maximum absolute atomic E-state index is 11.1. The van der Waals surface area contributed by atoms with Crippen LogP contribution in [0.3, 0.4) is 0 Å². The molecule has 0 aromatic carbocycles. The normalized spacial score (nSPS) is 15.2. The van der Waals surface area contributed by atoms with Crippen molar-refractivity contribution in [2.75, 3.05) is 19.8 Å². The van der Waals surface area contributed by atoms with Crippen molar-refractivity contribution in [3.8, 4) is 0 Å². The maximum atomic E-state index is 11.1. The zero-order chi connectivity index (χ0) is 8.81. The van der Waals surface area contributed by atoms with Crippen molar-refractivity contribution in [2.45, 2.75) is 0 Å². The third-order valence-electron chi connectivity index (χ3n) is 1.28. The van der Waals surface area contributed by atoms with Crippen LogP contribution < -0.4 is 5.32 Å². The molecule has 0 bridgehead atoms. The lowest BCUT2D eigenvalue weighted by atomic mass is 10.4. The van der Waals surface area contributed by atoms with Gasteiger partial charge in [-0.3, -0.25) is 4.79 Å². The summed E-state index contributed by atoms with van der Waals surface area (Å²) in [5.74, 6) is -0.0438. The van der Waals surface area contributed by atoms with E-state index < -0.39 is 0 Å². The Hall–Kier alpha value is -1.45. The van der Waals surface area contributed by atoms with Crippen LogP contribution in [-0.4, -0.2) is 25.7 Å². The Bertz CT molecular complexity index is 210. The van der Waals surface area contributed by atoms with E-state index in [0.717, 1.165) is 0 Å². The molecule has 0 atom stereocenters. The first-order valence-corrected chi connectivity index (χ1v) is 3.68. The minimum absolute atomic E-state index is 0.225. The lowest BCUT2D eigenvalue weighted by Gasteiger charge is -2.14. The second kappa shape index (κ2) is 4.43. The molecule has 0 radical (unpaired) electrons. The van der Waals surface area contributed by atoms with Crippen LogP contribution in [0.2, 0.25) is 0 Å². The monoisotopic (exact) mass is 169 g/mol. The molecule has 1 N–H and O–H groups in total. The number of nitrogens with one attached hydrogen (secondary N) is 1. The van der Waals surface area contributed by atoms with Crippen LogP contribution in [-0.2, 0) is 14.3 Å². The zero-order valence-corrected chi connectivity index (χ0v) is 6.71. The van der Waals surface area contributed by atoms with E-state index in [0.29, 0.717) is 19.8 Å². The van der Waals surface area contributed by atoms with Crippen molar-refractivity contribution < 1.29 is 14.3 Å². The van der Waals surface area contributed by atoms with Crippen molar-refractivity contribution in [1.82, 2.24) is 5.32 Å². The molecule has 1 heterocycles. The Morgan fingerprint density at radius 1 is 1.75 bits per heavy atom. The predicted octanol–water partition coefficient (Wildman–Crippen LogP) is 0.177. The van der Waals surface area contributed by atoms with Crippen molar-refractivity contribution in [3.05, 3.63) is 24.7 Å². The van der Waals surface area contributed by atoms with E-state index in [2.05, 4.69) is 11.9 Å². The van der Waals surface area contributed by atoms with E-state index in [4.69, 9.17) is 9.47 Å². The average molecular weight is 169 g/mol. The molecular formula is C8H11NO3. The van der Waals surface area contributed by atoms with Crippen LogP contribution in [0.15, 0.2) is 24.7 Å². The number of rotatable bonds is 3. The van der Waals surface area contributed by atoms with Crippen molar-refractivity contribution >= 4 is 5.91 Å². The van der Waals surface area contributed by atoms with Crippen molar-refractivity contribution in [2.24, 2.45) is 0 Å². The van der Waals surface area contributed by atoms with Crippen LogP contribution in [0.25, 0.3) is 0 Å². The van der Waals surface area contributed by atoms with Gasteiger partial charge in [0, 0.05) is 6.54 Å². The Labute approximate surface area is 70.8 Å². The van der Waals surface area contributed by atoms with Gasteiger partial charge >= 0.3 is 0 Å². The minimum atomic E-state index is -0.269. The molecule has 0 aromatic heterocycles. The Morgan fingerprint density at radius 2 is 2.58 bits per heavy atom. The molecule has 4 nitrogen and oxygen atoms in total. The molecule has 1 rings (SSSR count). The van der Waals surface area contributed by atoms with Gasteiger partial charge in [0.2, 0.25) is 5.76 Å². The van der Waals surface area contributed by atoms with Crippen LogP contribution in [0.4, 0.5) is 0 Å². The fourth-order valence-electron chi connectivity index (χ4n) is 0.739. The first-order chi connectivity index (χ1) is 5.84. The summed E-state index contributed by atoms with van der Waals surface area (Å²) in [6.07, 6.45) is 2.92. The van der Waals surface area contributed by atoms with Crippen molar-refractivity contribution in [3.63, 3.8) is 0 Å². The molecule has 12 heavy (non-hydrogen) atoms. The molecule has 0 spiro atoms. The van der Waals surface area contributed by atoms with E-state index in [1.54, 1.807) is 6.08 Å². The van der Waals surface area contributed by atoms with Gasteiger partial charge < -0.3 is 14.8 Å². The van der Waals surface area contributed by atoms with Crippen LogP contribution in [0.5, 0.6) is 0 Å². The first kappa shape index (κ1) is 8.64. The van der Waals surface area contributed by atoms with Crippen LogP contribution in [0.1, 0.15) is 0 Å². The molecule has 0 aromatic rings. The average Bonchev–Trinajstić information content (AvgIpc) is 2.15. The smallest absolute Gasteiger partial charge is 0.289 e. The predicted molar refractivity (Wildman–Crippen MR) is 43.2 cm³/mol. The second-order valence-corrected chi connectivity index (χ2v) is 2.20. The van der Waals surface area contributed by atoms with E-state index >= 15 is 0 Å². The maximum Gasteiger partial charge on any atom is 0.289 e. The highest BCUT2D eigenvalue weighted by atomic mass is 16.6. The summed E-state index contributed by atoms with van der Waals surface area (Å²) in [5, 5.41) is 2.57. The van der Waals surface area contributed by atoms with Gasteiger partial charge in [0.15, 0.2) is 0 Å². The lowest BCUT2D eigenvalue weighted by molar-refractivity contribution is -0.122. The van der Waals surface area contributed by atoms with Crippen LogP contribution in [0, 0.1) is 0 Å². The van der Waals surface area contributed by atoms with Gasteiger partial charge in [-0.25, -0.2) is 0 Å².